The smallest absolute Gasteiger partial charge is 0.306 e. The molecule has 0 amide bonds. The van der Waals surface area contributed by atoms with E-state index < -0.39 is 0 Å². The van der Waals surface area contributed by atoms with Gasteiger partial charge in [0.15, 0.2) is 5.78 Å². The summed E-state index contributed by atoms with van der Waals surface area (Å²) in [7, 11) is 0. The summed E-state index contributed by atoms with van der Waals surface area (Å²) in [5.74, 6) is 5.38. The van der Waals surface area contributed by atoms with Crippen LogP contribution in [0.4, 0.5) is 0 Å². The predicted octanol–water partition coefficient (Wildman–Crippen LogP) is 4.31. The number of ketones is 1. The van der Waals surface area contributed by atoms with Crippen molar-refractivity contribution in [1.82, 2.24) is 0 Å². The van der Waals surface area contributed by atoms with Gasteiger partial charge in [-0.05, 0) is 80.1 Å². The molecule has 26 heavy (non-hydrogen) atoms. The van der Waals surface area contributed by atoms with Crippen LogP contribution < -0.4 is 0 Å². The van der Waals surface area contributed by atoms with Crippen LogP contribution in [0.5, 0.6) is 0 Å². The van der Waals surface area contributed by atoms with Gasteiger partial charge in [-0.25, -0.2) is 0 Å². The third-order valence-electron chi connectivity index (χ3n) is 9.76. The molecule has 6 rings (SSSR count). The van der Waals surface area contributed by atoms with E-state index in [-0.39, 0.29) is 17.0 Å². The standard InChI is InChI=1S/C23H30O3/c1-12-9-13-10-14(24)3-4-15(13)16-5-7-22(2)21(20(12)16)17-11-18(17)23(22)8-6-19(25)26-23/h10,12,15-18,20-21H,3-9,11H2,1-2H3/t12?,15?,16?,17?,18-,20?,21?,22+,23+/m1/s1. The first kappa shape index (κ1) is 15.9. The van der Waals surface area contributed by atoms with E-state index in [0.29, 0.717) is 30.0 Å². The fourth-order valence-corrected chi connectivity index (χ4v) is 8.92. The van der Waals surface area contributed by atoms with Crippen molar-refractivity contribution >= 4 is 11.8 Å². The first-order valence-electron chi connectivity index (χ1n) is 10.9. The van der Waals surface area contributed by atoms with Crippen LogP contribution in [0.1, 0.15) is 65.2 Å². The lowest BCUT2D eigenvalue weighted by Crippen LogP contribution is -2.56. The van der Waals surface area contributed by atoms with Crippen molar-refractivity contribution < 1.29 is 14.3 Å². The van der Waals surface area contributed by atoms with Crippen LogP contribution in [-0.2, 0) is 14.3 Å². The Balaban J connectivity index is 1.40. The van der Waals surface area contributed by atoms with Gasteiger partial charge in [-0.1, -0.05) is 19.4 Å². The molecule has 1 aliphatic heterocycles. The molecule has 140 valence electrons. The van der Waals surface area contributed by atoms with Crippen molar-refractivity contribution in [3.05, 3.63) is 11.6 Å². The molecule has 1 saturated heterocycles. The SMILES string of the molecule is CC1CC2=CC(=O)CCC2C2CC[C@@]3(C)C(C12)C1C[C@H]1[C@@]31CCC(=O)O1. The number of hydrogen-bond donors (Lipinski definition) is 0. The Bertz CT molecular complexity index is 738. The minimum Gasteiger partial charge on any atom is -0.458 e. The Morgan fingerprint density at radius 1 is 1.12 bits per heavy atom. The number of fused-ring (bicyclic) bond motifs is 9. The molecule has 5 aliphatic carbocycles. The second-order valence-corrected chi connectivity index (χ2v) is 10.6. The summed E-state index contributed by atoms with van der Waals surface area (Å²) in [6.45, 7) is 4.91. The number of carbonyl (C=O) groups is 2. The Morgan fingerprint density at radius 3 is 2.73 bits per heavy atom. The summed E-state index contributed by atoms with van der Waals surface area (Å²) in [5, 5.41) is 0. The molecule has 0 aromatic carbocycles. The molecule has 3 heteroatoms. The van der Waals surface area contributed by atoms with E-state index in [1.54, 1.807) is 0 Å². The van der Waals surface area contributed by atoms with Gasteiger partial charge in [0, 0.05) is 24.2 Å². The number of esters is 1. The molecule has 1 heterocycles. The van der Waals surface area contributed by atoms with Gasteiger partial charge in [0.25, 0.3) is 0 Å². The van der Waals surface area contributed by atoms with Crippen molar-refractivity contribution in [3.63, 3.8) is 0 Å². The number of rotatable bonds is 0. The van der Waals surface area contributed by atoms with Crippen LogP contribution >= 0.6 is 0 Å². The van der Waals surface area contributed by atoms with E-state index >= 15 is 0 Å². The molecule has 0 aromatic rings. The van der Waals surface area contributed by atoms with E-state index in [9.17, 15) is 9.59 Å². The number of allylic oxidation sites excluding steroid dienone is 1. The van der Waals surface area contributed by atoms with Gasteiger partial charge in [0.2, 0.25) is 0 Å². The van der Waals surface area contributed by atoms with Gasteiger partial charge < -0.3 is 4.74 Å². The molecule has 0 N–H and O–H groups in total. The largest absolute Gasteiger partial charge is 0.458 e. The van der Waals surface area contributed by atoms with Crippen LogP contribution in [0.2, 0.25) is 0 Å². The molecule has 0 radical (unpaired) electrons. The Kier molecular flexibility index (Phi) is 2.95. The normalized spacial score (nSPS) is 57.0. The van der Waals surface area contributed by atoms with Crippen LogP contribution in [0, 0.1) is 46.8 Å². The zero-order chi connectivity index (χ0) is 17.8. The van der Waals surface area contributed by atoms with Crippen molar-refractivity contribution in [2.45, 2.75) is 70.8 Å². The molecular formula is C23H30O3. The summed E-state index contributed by atoms with van der Waals surface area (Å²) in [4.78, 5) is 24.0. The van der Waals surface area contributed by atoms with Gasteiger partial charge in [-0.15, -0.1) is 0 Å². The zero-order valence-corrected chi connectivity index (χ0v) is 16.0. The highest BCUT2D eigenvalue weighted by Gasteiger charge is 2.78. The predicted molar refractivity (Wildman–Crippen MR) is 97.1 cm³/mol. The third-order valence-corrected chi connectivity index (χ3v) is 9.76. The van der Waals surface area contributed by atoms with E-state index in [1.807, 2.05) is 6.08 Å². The van der Waals surface area contributed by atoms with Crippen LogP contribution in [0.25, 0.3) is 0 Å². The average molecular weight is 354 g/mol. The van der Waals surface area contributed by atoms with Gasteiger partial charge >= 0.3 is 5.97 Å². The second-order valence-electron chi connectivity index (χ2n) is 10.6. The van der Waals surface area contributed by atoms with E-state index in [1.165, 1.54) is 24.8 Å². The zero-order valence-electron chi connectivity index (χ0n) is 16.0. The van der Waals surface area contributed by atoms with Crippen LogP contribution in [0.3, 0.4) is 0 Å². The second kappa shape index (κ2) is 4.83. The van der Waals surface area contributed by atoms with Crippen LogP contribution in [0.15, 0.2) is 11.6 Å². The highest BCUT2D eigenvalue weighted by atomic mass is 16.6. The molecular weight excluding hydrogens is 324 g/mol. The molecule has 1 spiro atoms. The van der Waals surface area contributed by atoms with Crippen LogP contribution in [-0.4, -0.2) is 17.4 Å². The minimum atomic E-state index is -0.136. The minimum absolute atomic E-state index is 0.0485. The van der Waals surface area contributed by atoms with E-state index in [2.05, 4.69) is 13.8 Å². The lowest BCUT2D eigenvalue weighted by molar-refractivity contribution is -0.176. The number of carbonyl (C=O) groups excluding carboxylic acids is 2. The quantitative estimate of drug-likeness (QED) is 0.609. The van der Waals surface area contributed by atoms with Crippen molar-refractivity contribution in [2.75, 3.05) is 0 Å². The average Bonchev–Trinajstić information content (AvgIpc) is 3.24. The molecule has 6 unspecified atom stereocenters. The lowest BCUT2D eigenvalue weighted by atomic mass is 9.47. The highest BCUT2D eigenvalue weighted by Crippen LogP contribution is 2.78. The first-order chi connectivity index (χ1) is 12.4. The summed E-state index contributed by atoms with van der Waals surface area (Å²) in [5.41, 5.74) is 1.52. The number of hydrogen-bond acceptors (Lipinski definition) is 3. The monoisotopic (exact) mass is 354 g/mol. The molecule has 3 nitrogen and oxygen atoms in total. The summed E-state index contributed by atoms with van der Waals surface area (Å²) < 4.78 is 6.18. The summed E-state index contributed by atoms with van der Waals surface area (Å²) in [6, 6.07) is 0. The van der Waals surface area contributed by atoms with Gasteiger partial charge in [0.1, 0.15) is 5.60 Å². The Morgan fingerprint density at radius 2 is 1.96 bits per heavy atom. The molecule has 5 fully saturated rings. The molecule has 4 saturated carbocycles. The maximum Gasteiger partial charge on any atom is 0.306 e. The Labute approximate surface area is 155 Å². The van der Waals surface area contributed by atoms with Crippen molar-refractivity contribution in [1.29, 1.82) is 0 Å². The highest BCUT2D eigenvalue weighted by molar-refractivity contribution is 5.91. The topological polar surface area (TPSA) is 43.4 Å². The first-order valence-corrected chi connectivity index (χ1v) is 10.9. The van der Waals surface area contributed by atoms with E-state index in [4.69, 9.17) is 4.74 Å². The van der Waals surface area contributed by atoms with Gasteiger partial charge in [0.05, 0.1) is 0 Å². The lowest BCUT2D eigenvalue weighted by Gasteiger charge is -2.58. The van der Waals surface area contributed by atoms with Gasteiger partial charge in [-0.2, -0.15) is 0 Å². The fraction of sp³-hybridized carbons (Fsp3) is 0.826. The molecule has 6 aliphatic rings. The number of ether oxygens (including phenoxy) is 1. The van der Waals surface area contributed by atoms with E-state index in [0.717, 1.165) is 49.4 Å². The Hall–Kier alpha value is -1.12. The summed E-state index contributed by atoms with van der Waals surface area (Å²) in [6.07, 6.45) is 10.3. The maximum atomic E-state index is 12.1. The van der Waals surface area contributed by atoms with Crippen molar-refractivity contribution in [2.24, 2.45) is 46.8 Å². The van der Waals surface area contributed by atoms with Gasteiger partial charge in [-0.3, -0.25) is 9.59 Å². The summed E-state index contributed by atoms with van der Waals surface area (Å²) >= 11 is 0. The molecule has 9 atom stereocenters. The maximum absolute atomic E-state index is 12.1. The molecule has 0 aromatic heterocycles. The fourth-order valence-electron chi connectivity index (χ4n) is 8.92. The third kappa shape index (κ3) is 1.72. The molecule has 0 bridgehead atoms. The van der Waals surface area contributed by atoms with Crippen molar-refractivity contribution in [3.8, 4) is 0 Å².